The molecule has 0 radical (unpaired) electrons. The molecule has 5 heteroatoms. The molecule has 0 saturated heterocycles. The van der Waals surface area contributed by atoms with E-state index in [0.29, 0.717) is 16.8 Å². The fraction of sp³-hybridized carbons (Fsp3) is 0.0625. The van der Waals surface area contributed by atoms with Gasteiger partial charge >= 0.3 is 0 Å². The van der Waals surface area contributed by atoms with Gasteiger partial charge in [-0.25, -0.2) is 4.68 Å². The molecule has 0 spiro atoms. The van der Waals surface area contributed by atoms with E-state index in [2.05, 4.69) is 21.0 Å². The Hall–Kier alpha value is -2.11. The molecular weight excluding hydrogens is 332 g/mol. The molecule has 0 amide bonds. The highest BCUT2D eigenvalue weighted by Gasteiger charge is 2.15. The Morgan fingerprint density at radius 3 is 2.57 bits per heavy atom. The summed E-state index contributed by atoms with van der Waals surface area (Å²) in [6.07, 6.45) is 1.77. The van der Waals surface area contributed by atoms with Gasteiger partial charge in [0.2, 0.25) is 0 Å². The standard InChI is InChI=1S/C16H13BrN2O2/c17-12-6-7-15(21)14(8-12)16-11(10-20)9-19(18-16)13-4-2-1-3-5-13/h1-9,20-21H,10H2. The molecule has 1 heterocycles. The molecule has 4 nitrogen and oxygen atoms in total. The number of aliphatic hydroxyl groups is 1. The number of rotatable bonds is 3. The third kappa shape index (κ3) is 2.70. The zero-order chi connectivity index (χ0) is 14.8. The van der Waals surface area contributed by atoms with Gasteiger partial charge < -0.3 is 10.2 Å². The average Bonchev–Trinajstić information content (AvgIpc) is 2.94. The molecule has 0 saturated carbocycles. The van der Waals surface area contributed by atoms with Gasteiger partial charge in [0, 0.05) is 21.8 Å². The molecule has 2 N–H and O–H groups in total. The first-order chi connectivity index (χ1) is 10.2. The topological polar surface area (TPSA) is 58.3 Å². The maximum atomic E-state index is 10.0. The van der Waals surface area contributed by atoms with Crippen LogP contribution >= 0.6 is 15.9 Å². The first kappa shape index (κ1) is 13.9. The number of hydrogen-bond acceptors (Lipinski definition) is 3. The molecule has 0 aliphatic carbocycles. The highest BCUT2D eigenvalue weighted by molar-refractivity contribution is 9.10. The van der Waals surface area contributed by atoms with Crippen LogP contribution in [0.25, 0.3) is 16.9 Å². The van der Waals surface area contributed by atoms with Crippen LogP contribution < -0.4 is 0 Å². The summed E-state index contributed by atoms with van der Waals surface area (Å²) in [5.74, 6) is 0.131. The predicted octanol–water partition coefficient (Wildman–Crippen LogP) is 3.50. The number of aromatic nitrogens is 2. The van der Waals surface area contributed by atoms with Gasteiger partial charge in [0.05, 0.1) is 12.3 Å². The highest BCUT2D eigenvalue weighted by Crippen LogP contribution is 2.33. The Morgan fingerprint density at radius 1 is 1.10 bits per heavy atom. The van der Waals surface area contributed by atoms with Crippen molar-refractivity contribution in [2.75, 3.05) is 0 Å². The molecule has 3 aromatic rings. The Kier molecular flexibility index (Phi) is 3.77. The summed E-state index contributed by atoms with van der Waals surface area (Å²) >= 11 is 3.38. The maximum Gasteiger partial charge on any atom is 0.125 e. The molecule has 0 bridgehead atoms. The van der Waals surface area contributed by atoms with E-state index in [1.165, 1.54) is 0 Å². The van der Waals surface area contributed by atoms with Crippen LogP contribution in [0.3, 0.4) is 0 Å². The second-order valence-corrected chi connectivity index (χ2v) is 5.52. The lowest BCUT2D eigenvalue weighted by Crippen LogP contribution is -1.94. The van der Waals surface area contributed by atoms with Crippen LogP contribution in [0, 0.1) is 0 Å². The van der Waals surface area contributed by atoms with E-state index in [1.54, 1.807) is 29.1 Å². The molecule has 0 atom stereocenters. The smallest absolute Gasteiger partial charge is 0.125 e. The van der Waals surface area contributed by atoms with Crippen molar-refractivity contribution in [1.82, 2.24) is 9.78 Å². The van der Waals surface area contributed by atoms with Crippen LogP contribution in [0.2, 0.25) is 0 Å². The molecule has 0 aliphatic rings. The minimum atomic E-state index is -0.145. The Bertz CT molecular complexity index is 769. The van der Waals surface area contributed by atoms with Gasteiger partial charge in [-0.05, 0) is 30.3 Å². The van der Waals surface area contributed by atoms with E-state index in [4.69, 9.17) is 0 Å². The molecule has 0 unspecified atom stereocenters. The number of nitrogens with zero attached hydrogens (tertiary/aromatic N) is 2. The lowest BCUT2D eigenvalue weighted by atomic mass is 10.1. The monoisotopic (exact) mass is 344 g/mol. The van der Waals surface area contributed by atoms with E-state index in [1.807, 2.05) is 30.3 Å². The van der Waals surface area contributed by atoms with Gasteiger partial charge in [0.25, 0.3) is 0 Å². The number of phenols is 1. The number of phenolic OH excluding ortho intramolecular Hbond substituents is 1. The molecule has 21 heavy (non-hydrogen) atoms. The first-order valence-corrected chi connectivity index (χ1v) is 7.22. The molecule has 1 aromatic heterocycles. The number of benzene rings is 2. The number of halogens is 1. The summed E-state index contributed by atoms with van der Waals surface area (Å²) < 4.78 is 2.54. The molecule has 0 fully saturated rings. The zero-order valence-corrected chi connectivity index (χ0v) is 12.7. The minimum Gasteiger partial charge on any atom is -0.507 e. The van der Waals surface area contributed by atoms with Crippen molar-refractivity contribution in [3.8, 4) is 22.7 Å². The largest absolute Gasteiger partial charge is 0.507 e. The highest BCUT2D eigenvalue weighted by atomic mass is 79.9. The van der Waals surface area contributed by atoms with E-state index in [-0.39, 0.29) is 12.4 Å². The van der Waals surface area contributed by atoms with Crippen LogP contribution in [0.5, 0.6) is 5.75 Å². The van der Waals surface area contributed by atoms with E-state index in [9.17, 15) is 10.2 Å². The van der Waals surface area contributed by atoms with Gasteiger partial charge in [0.15, 0.2) is 0 Å². The first-order valence-electron chi connectivity index (χ1n) is 6.43. The summed E-state index contributed by atoms with van der Waals surface area (Å²) in [7, 11) is 0. The fourth-order valence-corrected chi connectivity index (χ4v) is 2.52. The quantitative estimate of drug-likeness (QED) is 0.764. The summed E-state index contributed by atoms with van der Waals surface area (Å²) in [4.78, 5) is 0. The number of hydrogen-bond donors (Lipinski definition) is 2. The van der Waals surface area contributed by atoms with Gasteiger partial charge in [-0.15, -0.1) is 0 Å². The van der Waals surface area contributed by atoms with Gasteiger partial charge in [-0.2, -0.15) is 5.10 Å². The van der Waals surface area contributed by atoms with E-state index < -0.39 is 0 Å². The van der Waals surface area contributed by atoms with Crippen molar-refractivity contribution in [2.45, 2.75) is 6.61 Å². The summed E-state index contributed by atoms with van der Waals surface area (Å²) in [5.41, 5.74) is 2.71. The summed E-state index contributed by atoms with van der Waals surface area (Å²) in [6, 6.07) is 14.8. The fourth-order valence-electron chi connectivity index (χ4n) is 2.16. The predicted molar refractivity (Wildman–Crippen MR) is 84.3 cm³/mol. The Labute approximate surface area is 130 Å². The van der Waals surface area contributed by atoms with Crippen LogP contribution in [-0.2, 0) is 6.61 Å². The molecule has 0 aliphatic heterocycles. The van der Waals surface area contributed by atoms with Crippen molar-refractivity contribution in [3.63, 3.8) is 0 Å². The molecule has 2 aromatic carbocycles. The van der Waals surface area contributed by atoms with Gasteiger partial charge in [0.1, 0.15) is 11.4 Å². The van der Waals surface area contributed by atoms with E-state index in [0.717, 1.165) is 10.2 Å². The average molecular weight is 345 g/mol. The second kappa shape index (κ2) is 5.71. The van der Waals surface area contributed by atoms with Crippen molar-refractivity contribution >= 4 is 15.9 Å². The SMILES string of the molecule is OCc1cn(-c2ccccc2)nc1-c1cc(Br)ccc1O. The normalized spacial score (nSPS) is 10.8. The Morgan fingerprint density at radius 2 is 1.86 bits per heavy atom. The van der Waals surface area contributed by atoms with Crippen LogP contribution in [-0.4, -0.2) is 20.0 Å². The third-order valence-corrected chi connectivity index (χ3v) is 3.69. The van der Waals surface area contributed by atoms with Crippen molar-refractivity contribution < 1.29 is 10.2 Å². The molecular formula is C16H13BrN2O2. The van der Waals surface area contributed by atoms with Crippen LogP contribution in [0.15, 0.2) is 59.2 Å². The van der Waals surface area contributed by atoms with Crippen molar-refractivity contribution in [3.05, 3.63) is 64.8 Å². The lowest BCUT2D eigenvalue weighted by Gasteiger charge is -2.04. The van der Waals surface area contributed by atoms with E-state index >= 15 is 0 Å². The second-order valence-electron chi connectivity index (χ2n) is 4.60. The zero-order valence-electron chi connectivity index (χ0n) is 11.1. The lowest BCUT2D eigenvalue weighted by molar-refractivity contribution is 0.282. The number of para-hydroxylation sites is 1. The number of aliphatic hydroxyl groups excluding tert-OH is 1. The Balaban J connectivity index is 2.15. The molecule has 3 rings (SSSR count). The van der Waals surface area contributed by atoms with Gasteiger partial charge in [-0.3, -0.25) is 0 Å². The summed E-state index contributed by atoms with van der Waals surface area (Å²) in [6.45, 7) is -0.145. The van der Waals surface area contributed by atoms with Crippen LogP contribution in [0.4, 0.5) is 0 Å². The molecule has 106 valence electrons. The third-order valence-electron chi connectivity index (χ3n) is 3.19. The van der Waals surface area contributed by atoms with Crippen molar-refractivity contribution in [2.24, 2.45) is 0 Å². The maximum absolute atomic E-state index is 10.0. The minimum absolute atomic E-state index is 0.131. The van der Waals surface area contributed by atoms with Crippen LogP contribution in [0.1, 0.15) is 5.56 Å². The number of aromatic hydroxyl groups is 1. The van der Waals surface area contributed by atoms with Gasteiger partial charge in [-0.1, -0.05) is 34.1 Å². The summed E-state index contributed by atoms with van der Waals surface area (Å²) in [5, 5.41) is 24.1. The van der Waals surface area contributed by atoms with Crippen molar-refractivity contribution in [1.29, 1.82) is 0 Å².